The van der Waals surface area contributed by atoms with Gasteiger partial charge >= 0.3 is 0 Å². The summed E-state index contributed by atoms with van der Waals surface area (Å²) < 4.78 is 13.1. The summed E-state index contributed by atoms with van der Waals surface area (Å²) in [6.45, 7) is 0. The van der Waals surface area contributed by atoms with Crippen LogP contribution in [-0.2, 0) is 0 Å². The molecule has 15 heavy (non-hydrogen) atoms. The van der Waals surface area contributed by atoms with Crippen LogP contribution in [0.2, 0.25) is 0 Å². The zero-order chi connectivity index (χ0) is 10.7. The van der Waals surface area contributed by atoms with E-state index in [0.29, 0.717) is 5.25 Å². The zero-order valence-corrected chi connectivity index (χ0v) is 9.69. The Hall–Kier alpha value is -0.540. The lowest BCUT2D eigenvalue weighted by Crippen LogP contribution is -2.25. The lowest BCUT2D eigenvalue weighted by atomic mass is 10.0. The molecule has 0 aliphatic carbocycles. The van der Waals surface area contributed by atoms with Gasteiger partial charge in [-0.15, -0.1) is 0 Å². The maximum atomic E-state index is 13.1. The number of hydrogen-bond acceptors (Lipinski definition) is 2. The molecule has 0 bridgehead atoms. The molecular formula is C12H16FNS. The van der Waals surface area contributed by atoms with Crippen molar-refractivity contribution < 1.29 is 4.39 Å². The highest BCUT2D eigenvalue weighted by Gasteiger charge is 2.25. The standard InChI is InChI=1S/C12H16FNS/c1-14-12(11-6-3-7-15-11)9-4-2-5-10(13)8-9/h2,4-5,8,11-12,14H,3,6-7H2,1H3. The first-order valence-corrected chi connectivity index (χ1v) is 6.40. The van der Waals surface area contributed by atoms with Crippen molar-refractivity contribution in [1.29, 1.82) is 0 Å². The summed E-state index contributed by atoms with van der Waals surface area (Å²) in [4.78, 5) is 0. The number of rotatable bonds is 3. The summed E-state index contributed by atoms with van der Waals surface area (Å²) in [6, 6.07) is 7.21. The fourth-order valence-corrected chi connectivity index (χ4v) is 3.59. The molecule has 1 aromatic carbocycles. The molecule has 1 N–H and O–H groups in total. The van der Waals surface area contributed by atoms with Gasteiger partial charge in [0, 0.05) is 11.3 Å². The van der Waals surface area contributed by atoms with Gasteiger partial charge in [-0.1, -0.05) is 12.1 Å². The number of benzene rings is 1. The quantitative estimate of drug-likeness (QED) is 0.848. The summed E-state index contributed by atoms with van der Waals surface area (Å²) in [5.74, 6) is 1.09. The Kier molecular flexibility index (Phi) is 3.65. The first kappa shape index (κ1) is 11.0. The Balaban J connectivity index is 2.18. The van der Waals surface area contributed by atoms with Gasteiger partial charge in [-0.2, -0.15) is 11.8 Å². The average molecular weight is 225 g/mol. The maximum absolute atomic E-state index is 13.1. The molecule has 0 amide bonds. The van der Waals surface area contributed by atoms with Crippen LogP contribution in [-0.4, -0.2) is 18.1 Å². The van der Waals surface area contributed by atoms with E-state index in [1.165, 1.54) is 24.7 Å². The summed E-state index contributed by atoms with van der Waals surface area (Å²) in [6.07, 6.45) is 2.51. The van der Waals surface area contributed by atoms with Crippen LogP contribution in [0.3, 0.4) is 0 Å². The SMILES string of the molecule is CNC(c1cccc(F)c1)C1CCCS1. The topological polar surface area (TPSA) is 12.0 Å². The van der Waals surface area contributed by atoms with Gasteiger partial charge in [0.05, 0.1) is 0 Å². The molecule has 2 atom stereocenters. The van der Waals surface area contributed by atoms with Crippen molar-refractivity contribution in [3.8, 4) is 0 Å². The minimum Gasteiger partial charge on any atom is -0.312 e. The smallest absolute Gasteiger partial charge is 0.123 e. The van der Waals surface area contributed by atoms with Crippen LogP contribution >= 0.6 is 11.8 Å². The Bertz CT molecular complexity index is 323. The molecule has 1 aliphatic heterocycles. The van der Waals surface area contributed by atoms with E-state index in [9.17, 15) is 4.39 Å². The van der Waals surface area contributed by atoms with E-state index in [4.69, 9.17) is 0 Å². The van der Waals surface area contributed by atoms with Crippen LogP contribution in [0.15, 0.2) is 24.3 Å². The predicted molar refractivity (Wildman–Crippen MR) is 63.7 cm³/mol. The van der Waals surface area contributed by atoms with Gasteiger partial charge in [0.25, 0.3) is 0 Å². The second-order valence-corrected chi connectivity index (χ2v) is 5.22. The van der Waals surface area contributed by atoms with E-state index in [-0.39, 0.29) is 11.9 Å². The van der Waals surface area contributed by atoms with Crippen LogP contribution in [0.1, 0.15) is 24.4 Å². The van der Waals surface area contributed by atoms with Gasteiger partial charge < -0.3 is 5.32 Å². The van der Waals surface area contributed by atoms with Crippen LogP contribution in [0.25, 0.3) is 0 Å². The van der Waals surface area contributed by atoms with Gasteiger partial charge in [-0.3, -0.25) is 0 Å². The Labute approximate surface area is 94.5 Å². The first-order valence-electron chi connectivity index (χ1n) is 5.35. The van der Waals surface area contributed by atoms with Gasteiger partial charge in [-0.25, -0.2) is 4.39 Å². The number of hydrogen-bond donors (Lipinski definition) is 1. The first-order chi connectivity index (χ1) is 7.31. The van der Waals surface area contributed by atoms with E-state index in [1.54, 1.807) is 12.1 Å². The van der Waals surface area contributed by atoms with Gasteiger partial charge in [0.15, 0.2) is 0 Å². The van der Waals surface area contributed by atoms with E-state index in [2.05, 4.69) is 5.32 Å². The third-order valence-electron chi connectivity index (χ3n) is 2.86. The van der Waals surface area contributed by atoms with Crippen LogP contribution < -0.4 is 5.32 Å². The third kappa shape index (κ3) is 2.52. The second-order valence-electron chi connectivity index (χ2n) is 3.87. The van der Waals surface area contributed by atoms with E-state index in [1.807, 2.05) is 24.9 Å². The highest BCUT2D eigenvalue weighted by atomic mass is 32.2. The average Bonchev–Trinajstić information content (AvgIpc) is 2.72. The molecule has 1 saturated heterocycles. The van der Waals surface area contributed by atoms with Crippen molar-refractivity contribution in [1.82, 2.24) is 5.32 Å². The van der Waals surface area contributed by atoms with E-state index in [0.717, 1.165) is 5.56 Å². The Morgan fingerprint density at radius 1 is 1.53 bits per heavy atom. The normalized spacial score (nSPS) is 22.9. The van der Waals surface area contributed by atoms with Crippen LogP contribution in [0.5, 0.6) is 0 Å². The molecule has 1 nitrogen and oxygen atoms in total. The third-order valence-corrected chi connectivity index (χ3v) is 4.32. The lowest BCUT2D eigenvalue weighted by molar-refractivity contribution is 0.545. The largest absolute Gasteiger partial charge is 0.312 e. The minimum absolute atomic E-state index is 0.143. The molecule has 0 radical (unpaired) electrons. The molecule has 1 aromatic rings. The molecule has 0 spiro atoms. The monoisotopic (exact) mass is 225 g/mol. The van der Waals surface area contributed by atoms with Crippen molar-refractivity contribution in [3.05, 3.63) is 35.6 Å². The second kappa shape index (κ2) is 4.99. The van der Waals surface area contributed by atoms with E-state index < -0.39 is 0 Å². The molecule has 0 saturated carbocycles. The van der Waals surface area contributed by atoms with Crippen molar-refractivity contribution >= 4 is 11.8 Å². The highest BCUT2D eigenvalue weighted by molar-refractivity contribution is 8.00. The predicted octanol–water partition coefficient (Wildman–Crippen LogP) is 2.98. The van der Waals surface area contributed by atoms with Gasteiger partial charge in [-0.05, 0) is 43.3 Å². The molecule has 2 unspecified atom stereocenters. The van der Waals surface area contributed by atoms with E-state index >= 15 is 0 Å². The maximum Gasteiger partial charge on any atom is 0.123 e. The molecule has 1 heterocycles. The molecule has 0 aromatic heterocycles. The van der Waals surface area contributed by atoms with Crippen LogP contribution in [0.4, 0.5) is 4.39 Å². The highest BCUT2D eigenvalue weighted by Crippen LogP contribution is 2.35. The Morgan fingerprint density at radius 2 is 2.40 bits per heavy atom. The van der Waals surface area contributed by atoms with Crippen molar-refractivity contribution in [2.45, 2.75) is 24.1 Å². The fraction of sp³-hybridized carbons (Fsp3) is 0.500. The number of thioether (sulfide) groups is 1. The van der Waals surface area contributed by atoms with Crippen LogP contribution in [0, 0.1) is 5.82 Å². The molecule has 1 fully saturated rings. The molecule has 3 heteroatoms. The molecule has 82 valence electrons. The summed E-state index contributed by atoms with van der Waals surface area (Å²) in [5.41, 5.74) is 1.07. The van der Waals surface area contributed by atoms with Gasteiger partial charge in [0.2, 0.25) is 0 Å². The van der Waals surface area contributed by atoms with Crippen molar-refractivity contribution in [2.24, 2.45) is 0 Å². The molecular weight excluding hydrogens is 209 g/mol. The molecule has 1 aliphatic rings. The summed E-state index contributed by atoms with van der Waals surface area (Å²) in [5, 5.41) is 3.89. The zero-order valence-electron chi connectivity index (χ0n) is 8.87. The summed E-state index contributed by atoms with van der Waals surface area (Å²) >= 11 is 1.99. The number of halogens is 1. The minimum atomic E-state index is -0.143. The molecule has 2 rings (SSSR count). The van der Waals surface area contributed by atoms with Crippen molar-refractivity contribution in [3.63, 3.8) is 0 Å². The van der Waals surface area contributed by atoms with Gasteiger partial charge in [0.1, 0.15) is 5.82 Å². The summed E-state index contributed by atoms with van der Waals surface area (Å²) in [7, 11) is 1.95. The lowest BCUT2D eigenvalue weighted by Gasteiger charge is -2.22. The fourth-order valence-electron chi connectivity index (χ4n) is 2.13. The van der Waals surface area contributed by atoms with Crippen molar-refractivity contribution in [2.75, 3.05) is 12.8 Å². The Morgan fingerprint density at radius 3 is 3.00 bits per heavy atom. The number of nitrogens with one attached hydrogen (secondary N) is 1.